The lowest BCUT2D eigenvalue weighted by molar-refractivity contribution is 0.354. The van der Waals surface area contributed by atoms with Crippen molar-refractivity contribution in [3.63, 3.8) is 0 Å². The molecular formula is C21H22N2O3. The second-order valence-electron chi connectivity index (χ2n) is 5.69. The number of hydrogen-bond acceptors (Lipinski definition) is 5. The van der Waals surface area contributed by atoms with E-state index in [1.807, 2.05) is 42.5 Å². The van der Waals surface area contributed by atoms with Crippen LogP contribution in [0.1, 0.15) is 11.1 Å². The van der Waals surface area contributed by atoms with Crippen molar-refractivity contribution in [3.05, 3.63) is 65.7 Å². The predicted octanol–water partition coefficient (Wildman–Crippen LogP) is 3.99. The molecule has 5 nitrogen and oxygen atoms in total. The van der Waals surface area contributed by atoms with Gasteiger partial charge in [-0.25, -0.2) is 0 Å². The first kappa shape index (κ1) is 17.6. The number of ether oxygens (including phenoxy) is 3. The van der Waals surface area contributed by atoms with Crippen molar-refractivity contribution in [2.24, 2.45) is 5.10 Å². The van der Waals surface area contributed by atoms with Gasteiger partial charge in [-0.1, -0.05) is 36.4 Å². The third kappa shape index (κ3) is 3.72. The van der Waals surface area contributed by atoms with Gasteiger partial charge in [0.05, 0.1) is 34.1 Å². The maximum atomic E-state index is 5.48. The standard InChI is InChI=1S/C21H22N2O3/c1-24-19-11-9-16-6-4-5-7-17(16)18(19)14-23-22-13-15-8-10-20(25-2)21(12-15)26-3/h4-12,14,22H,13H2,1-3H3/b23-14+. The molecule has 134 valence electrons. The highest BCUT2D eigenvalue weighted by atomic mass is 16.5. The van der Waals surface area contributed by atoms with Crippen LogP contribution >= 0.6 is 0 Å². The number of rotatable bonds is 7. The molecule has 0 aliphatic heterocycles. The number of nitrogens with zero attached hydrogens (tertiary/aromatic N) is 1. The van der Waals surface area contributed by atoms with Crippen LogP contribution in [-0.4, -0.2) is 27.5 Å². The number of hydrazone groups is 1. The largest absolute Gasteiger partial charge is 0.496 e. The van der Waals surface area contributed by atoms with E-state index < -0.39 is 0 Å². The third-order valence-corrected chi connectivity index (χ3v) is 4.17. The Labute approximate surface area is 153 Å². The summed E-state index contributed by atoms with van der Waals surface area (Å²) >= 11 is 0. The molecule has 26 heavy (non-hydrogen) atoms. The molecule has 0 heterocycles. The molecule has 0 amide bonds. The fourth-order valence-corrected chi connectivity index (χ4v) is 2.82. The number of nitrogens with one attached hydrogen (secondary N) is 1. The zero-order valence-corrected chi connectivity index (χ0v) is 15.2. The smallest absolute Gasteiger partial charge is 0.161 e. The van der Waals surface area contributed by atoms with E-state index in [9.17, 15) is 0 Å². The summed E-state index contributed by atoms with van der Waals surface area (Å²) in [6.45, 7) is 0.573. The zero-order chi connectivity index (χ0) is 18.4. The molecule has 3 aromatic rings. The Morgan fingerprint density at radius 3 is 2.35 bits per heavy atom. The summed E-state index contributed by atoms with van der Waals surface area (Å²) in [5, 5.41) is 6.61. The van der Waals surface area contributed by atoms with E-state index in [2.05, 4.69) is 22.7 Å². The molecule has 1 N–H and O–H groups in total. The summed E-state index contributed by atoms with van der Waals surface area (Å²) < 4.78 is 16.1. The highest BCUT2D eigenvalue weighted by Gasteiger charge is 2.06. The Balaban J connectivity index is 1.76. The summed E-state index contributed by atoms with van der Waals surface area (Å²) in [5.74, 6) is 2.20. The molecule has 0 aliphatic rings. The van der Waals surface area contributed by atoms with Crippen molar-refractivity contribution in [3.8, 4) is 17.2 Å². The Morgan fingerprint density at radius 2 is 1.58 bits per heavy atom. The monoisotopic (exact) mass is 350 g/mol. The minimum Gasteiger partial charge on any atom is -0.496 e. The van der Waals surface area contributed by atoms with Crippen LogP contribution in [0.15, 0.2) is 59.7 Å². The fraction of sp³-hybridized carbons (Fsp3) is 0.190. The van der Waals surface area contributed by atoms with Crippen molar-refractivity contribution in [1.29, 1.82) is 0 Å². The van der Waals surface area contributed by atoms with Gasteiger partial charge in [0.2, 0.25) is 0 Å². The van der Waals surface area contributed by atoms with Gasteiger partial charge < -0.3 is 19.6 Å². The van der Waals surface area contributed by atoms with Crippen molar-refractivity contribution < 1.29 is 14.2 Å². The van der Waals surface area contributed by atoms with Crippen LogP contribution in [0.3, 0.4) is 0 Å². The lowest BCUT2D eigenvalue weighted by Crippen LogP contribution is -2.06. The first-order chi connectivity index (χ1) is 12.8. The second kappa shape index (κ2) is 8.25. The maximum Gasteiger partial charge on any atom is 0.161 e. The van der Waals surface area contributed by atoms with E-state index in [0.29, 0.717) is 18.0 Å². The van der Waals surface area contributed by atoms with Gasteiger partial charge >= 0.3 is 0 Å². The molecule has 0 radical (unpaired) electrons. The van der Waals surface area contributed by atoms with Crippen LogP contribution < -0.4 is 19.6 Å². The van der Waals surface area contributed by atoms with Crippen LogP contribution in [0.5, 0.6) is 17.2 Å². The molecular weight excluding hydrogens is 328 g/mol. The molecule has 0 bridgehead atoms. The molecule has 0 fully saturated rings. The van der Waals surface area contributed by atoms with Crippen molar-refractivity contribution in [1.82, 2.24) is 5.43 Å². The first-order valence-electron chi connectivity index (χ1n) is 8.29. The van der Waals surface area contributed by atoms with Crippen molar-refractivity contribution >= 4 is 17.0 Å². The van der Waals surface area contributed by atoms with Crippen LogP contribution in [0, 0.1) is 0 Å². The average Bonchev–Trinajstić information content (AvgIpc) is 2.70. The summed E-state index contributed by atoms with van der Waals surface area (Å²) in [6, 6.07) is 18.0. The lowest BCUT2D eigenvalue weighted by atomic mass is 10.0. The highest BCUT2D eigenvalue weighted by molar-refractivity contribution is 6.02. The molecule has 0 atom stereocenters. The van der Waals surface area contributed by atoms with Gasteiger partial charge in [0, 0.05) is 5.56 Å². The quantitative estimate of drug-likeness (QED) is 0.517. The molecule has 0 spiro atoms. The fourth-order valence-electron chi connectivity index (χ4n) is 2.82. The lowest BCUT2D eigenvalue weighted by Gasteiger charge is -2.10. The van der Waals surface area contributed by atoms with E-state index in [1.165, 1.54) is 0 Å². The predicted molar refractivity (Wildman–Crippen MR) is 104 cm³/mol. The summed E-state index contributed by atoms with van der Waals surface area (Å²) in [4.78, 5) is 0. The zero-order valence-electron chi connectivity index (χ0n) is 15.2. The summed E-state index contributed by atoms with van der Waals surface area (Å²) in [6.07, 6.45) is 1.79. The highest BCUT2D eigenvalue weighted by Crippen LogP contribution is 2.28. The minimum atomic E-state index is 0.573. The van der Waals surface area contributed by atoms with Gasteiger partial charge in [0.1, 0.15) is 5.75 Å². The SMILES string of the molecule is COc1ccc(CN/N=C/c2c(OC)ccc3ccccc23)cc1OC. The van der Waals surface area contributed by atoms with Gasteiger partial charge in [-0.15, -0.1) is 0 Å². The van der Waals surface area contributed by atoms with E-state index in [0.717, 1.165) is 27.6 Å². The van der Waals surface area contributed by atoms with Crippen LogP contribution in [0.4, 0.5) is 0 Å². The Kier molecular flexibility index (Phi) is 5.59. The number of fused-ring (bicyclic) bond motifs is 1. The van der Waals surface area contributed by atoms with Crippen molar-refractivity contribution in [2.45, 2.75) is 6.54 Å². The molecule has 3 aromatic carbocycles. The molecule has 0 saturated heterocycles. The van der Waals surface area contributed by atoms with Crippen LogP contribution in [0.2, 0.25) is 0 Å². The molecule has 0 unspecified atom stereocenters. The number of benzene rings is 3. The Hall–Kier alpha value is -3.21. The normalized spacial score (nSPS) is 10.9. The van der Waals surface area contributed by atoms with E-state index in [1.54, 1.807) is 27.5 Å². The molecule has 3 rings (SSSR count). The van der Waals surface area contributed by atoms with E-state index >= 15 is 0 Å². The molecule has 0 saturated carbocycles. The number of hydrogen-bond donors (Lipinski definition) is 1. The van der Waals surface area contributed by atoms with Gasteiger partial charge in [-0.3, -0.25) is 0 Å². The van der Waals surface area contributed by atoms with Gasteiger partial charge in [0.15, 0.2) is 11.5 Å². The average molecular weight is 350 g/mol. The third-order valence-electron chi connectivity index (χ3n) is 4.17. The van der Waals surface area contributed by atoms with E-state index in [4.69, 9.17) is 14.2 Å². The molecule has 5 heteroatoms. The minimum absolute atomic E-state index is 0.573. The first-order valence-corrected chi connectivity index (χ1v) is 8.29. The molecule has 0 aliphatic carbocycles. The van der Waals surface area contributed by atoms with Crippen LogP contribution in [0.25, 0.3) is 10.8 Å². The summed E-state index contributed by atoms with van der Waals surface area (Å²) in [5.41, 5.74) is 5.07. The second-order valence-corrected chi connectivity index (χ2v) is 5.69. The summed E-state index contributed by atoms with van der Waals surface area (Å²) in [7, 11) is 4.91. The van der Waals surface area contributed by atoms with Gasteiger partial charge in [-0.05, 0) is 34.5 Å². The Morgan fingerprint density at radius 1 is 0.846 bits per heavy atom. The number of methoxy groups -OCH3 is 3. The Bertz CT molecular complexity index is 922. The topological polar surface area (TPSA) is 52.1 Å². The van der Waals surface area contributed by atoms with Crippen LogP contribution in [-0.2, 0) is 6.54 Å². The maximum absolute atomic E-state index is 5.48. The van der Waals surface area contributed by atoms with Gasteiger partial charge in [0.25, 0.3) is 0 Å². The molecule has 0 aromatic heterocycles. The van der Waals surface area contributed by atoms with Gasteiger partial charge in [-0.2, -0.15) is 5.10 Å². The van der Waals surface area contributed by atoms with Crippen molar-refractivity contribution in [2.75, 3.05) is 21.3 Å². The van der Waals surface area contributed by atoms with E-state index in [-0.39, 0.29) is 0 Å².